The van der Waals surface area contributed by atoms with Crippen molar-refractivity contribution in [3.8, 4) is 11.5 Å². The Bertz CT molecular complexity index is 689. The Morgan fingerprint density at radius 3 is 1.71 bits per heavy atom. The number of ether oxygens (including phenoxy) is 1. The van der Waals surface area contributed by atoms with E-state index < -0.39 is 11.9 Å². The molecule has 1 aliphatic heterocycles. The van der Waals surface area contributed by atoms with Crippen LogP contribution in [0.15, 0.2) is 36.4 Å². The first-order valence-corrected chi connectivity index (χ1v) is 5.75. The second-order valence-corrected chi connectivity index (χ2v) is 4.20. The monoisotopic (exact) mass is 295 g/mol. The fourth-order valence-electron chi connectivity index (χ4n) is 2.07. The molecule has 0 fully saturated rings. The van der Waals surface area contributed by atoms with Crippen LogP contribution in [0.1, 0.15) is 22.1 Å². The SMILES string of the molecule is O=C(O)c1cccc2c1Oc1c(cccc1C(=O)O)N2.[H-].[Na+]. The summed E-state index contributed by atoms with van der Waals surface area (Å²) in [6.07, 6.45) is 0. The molecule has 0 amide bonds. The third kappa shape index (κ3) is 2.61. The maximum Gasteiger partial charge on any atom is 1.00 e. The van der Waals surface area contributed by atoms with Crippen molar-refractivity contribution in [2.75, 3.05) is 5.32 Å². The summed E-state index contributed by atoms with van der Waals surface area (Å²) in [6, 6.07) is 9.31. The van der Waals surface area contributed by atoms with E-state index in [9.17, 15) is 9.59 Å². The summed E-state index contributed by atoms with van der Waals surface area (Å²) in [5, 5.41) is 21.3. The molecule has 0 aromatic heterocycles. The first-order valence-electron chi connectivity index (χ1n) is 5.75. The summed E-state index contributed by atoms with van der Waals surface area (Å²) in [7, 11) is 0. The van der Waals surface area contributed by atoms with Crippen molar-refractivity contribution in [2.24, 2.45) is 0 Å². The van der Waals surface area contributed by atoms with Gasteiger partial charge in [-0.3, -0.25) is 0 Å². The van der Waals surface area contributed by atoms with E-state index in [4.69, 9.17) is 14.9 Å². The number of hydrogen-bond donors (Lipinski definition) is 3. The molecule has 0 unspecified atom stereocenters. The van der Waals surface area contributed by atoms with Gasteiger partial charge in [-0.05, 0) is 24.3 Å². The third-order valence-corrected chi connectivity index (χ3v) is 2.96. The molecule has 0 bridgehead atoms. The molecular formula is C14H10NNaO5. The molecule has 3 rings (SSSR count). The number of anilines is 2. The minimum absolute atomic E-state index is 0. The van der Waals surface area contributed by atoms with E-state index in [-0.39, 0.29) is 53.6 Å². The maximum absolute atomic E-state index is 11.2. The van der Waals surface area contributed by atoms with Crippen LogP contribution in [0.2, 0.25) is 0 Å². The second-order valence-electron chi connectivity index (χ2n) is 4.20. The maximum atomic E-state index is 11.2. The van der Waals surface area contributed by atoms with Gasteiger partial charge in [-0.1, -0.05) is 12.1 Å². The fourth-order valence-corrected chi connectivity index (χ4v) is 2.07. The Balaban J connectivity index is 0.00000121. The topological polar surface area (TPSA) is 95.9 Å². The van der Waals surface area contributed by atoms with Crippen LogP contribution in [0.4, 0.5) is 11.4 Å². The zero-order valence-electron chi connectivity index (χ0n) is 12.1. The van der Waals surface area contributed by atoms with Gasteiger partial charge in [0.25, 0.3) is 0 Å². The van der Waals surface area contributed by atoms with E-state index in [0.29, 0.717) is 11.4 Å². The van der Waals surface area contributed by atoms with Gasteiger partial charge in [0.1, 0.15) is 11.1 Å². The minimum atomic E-state index is -1.14. The van der Waals surface area contributed by atoms with Gasteiger partial charge in [0.2, 0.25) is 0 Å². The fraction of sp³-hybridized carbons (Fsp3) is 0. The smallest absolute Gasteiger partial charge is 1.00 e. The number of aromatic carboxylic acids is 2. The molecule has 21 heavy (non-hydrogen) atoms. The summed E-state index contributed by atoms with van der Waals surface area (Å²) in [5.74, 6) is -2.05. The van der Waals surface area contributed by atoms with E-state index >= 15 is 0 Å². The van der Waals surface area contributed by atoms with E-state index in [1.54, 1.807) is 24.3 Å². The van der Waals surface area contributed by atoms with Crippen LogP contribution in [-0.4, -0.2) is 22.2 Å². The van der Waals surface area contributed by atoms with Gasteiger partial charge in [0.05, 0.1) is 11.4 Å². The van der Waals surface area contributed by atoms with E-state index in [0.717, 1.165) is 0 Å². The number of hydrogen-bond acceptors (Lipinski definition) is 4. The zero-order valence-corrected chi connectivity index (χ0v) is 13.1. The van der Waals surface area contributed by atoms with Crippen LogP contribution < -0.4 is 39.6 Å². The molecule has 3 N–H and O–H groups in total. The normalized spacial score (nSPS) is 11.0. The van der Waals surface area contributed by atoms with Crippen molar-refractivity contribution in [3.63, 3.8) is 0 Å². The van der Waals surface area contributed by atoms with Gasteiger partial charge in [0, 0.05) is 0 Å². The molecule has 6 nitrogen and oxygen atoms in total. The Morgan fingerprint density at radius 2 is 1.33 bits per heavy atom. The number of carboxylic acid groups (broad SMARTS) is 2. The molecular weight excluding hydrogens is 285 g/mol. The molecule has 2 aromatic carbocycles. The van der Waals surface area contributed by atoms with E-state index in [2.05, 4.69) is 5.32 Å². The molecule has 0 saturated carbocycles. The van der Waals surface area contributed by atoms with Gasteiger partial charge in [0.15, 0.2) is 11.5 Å². The number of nitrogens with one attached hydrogen (secondary N) is 1. The van der Waals surface area contributed by atoms with Gasteiger partial charge in [-0.15, -0.1) is 0 Å². The molecule has 2 aromatic rings. The average molecular weight is 295 g/mol. The molecule has 1 aliphatic rings. The quantitative estimate of drug-likeness (QED) is 0.578. The average Bonchev–Trinajstić information content (AvgIpc) is 2.43. The molecule has 0 radical (unpaired) electrons. The Morgan fingerprint density at radius 1 is 0.905 bits per heavy atom. The Labute approximate surface area is 143 Å². The summed E-state index contributed by atoms with van der Waals surface area (Å²) in [5.41, 5.74) is 0.918. The molecule has 0 atom stereocenters. The number of carbonyl (C=O) groups is 2. The van der Waals surface area contributed by atoms with Crippen molar-refractivity contribution in [1.29, 1.82) is 0 Å². The summed E-state index contributed by atoms with van der Waals surface area (Å²) >= 11 is 0. The molecule has 0 spiro atoms. The third-order valence-electron chi connectivity index (χ3n) is 2.96. The van der Waals surface area contributed by atoms with Crippen molar-refractivity contribution >= 4 is 23.3 Å². The van der Waals surface area contributed by atoms with Crippen molar-refractivity contribution in [3.05, 3.63) is 47.5 Å². The number of fused-ring (bicyclic) bond motifs is 2. The predicted octanol–water partition coefficient (Wildman–Crippen LogP) is 0.0488. The Kier molecular flexibility index (Phi) is 4.22. The van der Waals surface area contributed by atoms with Gasteiger partial charge in [-0.2, -0.15) is 0 Å². The summed E-state index contributed by atoms with van der Waals surface area (Å²) in [4.78, 5) is 22.4. The van der Waals surface area contributed by atoms with Crippen LogP contribution >= 0.6 is 0 Å². The van der Waals surface area contributed by atoms with Crippen molar-refractivity contribution < 1.29 is 55.5 Å². The number of benzene rings is 2. The zero-order chi connectivity index (χ0) is 14.3. The van der Waals surface area contributed by atoms with Crippen LogP contribution in [0.3, 0.4) is 0 Å². The van der Waals surface area contributed by atoms with Gasteiger partial charge < -0.3 is 21.7 Å². The van der Waals surface area contributed by atoms with E-state index in [1.165, 1.54) is 12.1 Å². The van der Waals surface area contributed by atoms with Crippen LogP contribution in [0.25, 0.3) is 0 Å². The van der Waals surface area contributed by atoms with Gasteiger partial charge in [-0.25, -0.2) is 9.59 Å². The molecule has 0 aliphatic carbocycles. The largest absolute Gasteiger partial charge is 1.00 e. The molecule has 102 valence electrons. The first-order chi connectivity index (χ1) is 9.58. The van der Waals surface area contributed by atoms with Crippen LogP contribution in [-0.2, 0) is 0 Å². The van der Waals surface area contributed by atoms with Crippen LogP contribution in [0, 0.1) is 0 Å². The molecule has 0 saturated heterocycles. The number of carboxylic acids is 2. The standard InChI is InChI=1S/C14H9NO5.Na.H/c16-13(17)7-3-1-5-9-11(7)20-12-8(14(18)19)4-2-6-10(12)15-9;;/h1-6,15H,(H,16,17)(H,18,19);;/q;+1;-1. The van der Waals surface area contributed by atoms with Gasteiger partial charge >= 0.3 is 41.5 Å². The summed E-state index contributed by atoms with van der Waals surface area (Å²) in [6.45, 7) is 0. The van der Waals surface area contributed by atoms with E-state index in [1.807, 2.05) is 0 Å². The molecule has 1 heterocycles. The molecule has 7 heteroatoms. The Hall–Kier alpha value is -2.02. The first kappa shape index (κ1) is 15.4. The van der Waals surface area contributed by atoms with Crippen molar-refractivity contribution in [2.45, 2.75) is 0 Å². The predicted molar refractivity (Wildman–Crippen MR) is 71.3 cm³/mol. The minimum Gasteiger partial charge on any atom is -1.00 e. The number of para-hydroxylation sites is 2. The van der Waals surface area contributed by atoms with Crippen molar-refractivity contribution in [1.82, 2.24) is 0 Å². The summed E-state index contributed by atoms with van der Waals surface area (Å²) < 4.78 is 5.54. The second kappa shape index (κ2) is 5.77. The van der Waals surface area contributed by atoms with Crippen LogP contribution in [0.5, 0.6) is 11.5 Å². The number of rotatable bonds is 2.